The molecule has 1 fully saturated rings. The SMILES string of the molecule is CCCCC(NC(=O)c1ccc(CNC(=O)C2CC2)cc1)C(=O)O. The number of carbonyl (C=O) groups is 3. The van der Waals surface area contributed by atoms with Crippen LogP contribution in [0.4, 0.5) is 0 Å². The summed E-state index contributed by atoms with van der Waals surface area (Å²) in [7, 11) is 0. The predicted molar refractivity (Wildman–Crippen MR) is 89.4 cm³/mol. The van der Waals surface area contributed by atoms with Gasteiger partial charge in [-0.3, -0.25) is 9.59 Å². The number of aliphatic carboxylic acids is 1. The molecule has 2 amide bonds. The van der Waals surface area contributed by atoms with E-state index in [1.807, 2.05) is 6.92 Å². The summed E-state index contributed by atoms with van der Waals surface area (Å²) in [5.41, 5.74) is 1.32. The molecule has 1 saturated carbocycles. The van der Waals surface area contributed by atoms with E-state index in [4.69, 9.17) is 5.11 Å². The molecule has 1 aliphatic carbocycles. The maximum Gasteiger partial charge on any atom is 0.326 e. The average Bonchev–Trinajstić information content (AvgIpc) is 3.41. The summed E-state index contributed by atoms with van der Waals surface area (Å²) >= 11 is 0. The summed E-state index contributed by atoms with van der Waals surface area (Å²) in [6, 6.07) is 5.96. The molecule has 1 aliphatic rings. The molecule has 130 valence electrons. The minimum Gasteiger partial charge on any atom is -0.480 e. The van der Waals surface area contributed by atoms with Crippen LogP contribution in [0.2, 0.25) is 0 Å². The Hall–Kier alpha value is -2.37. The van der Waals surface area contributed by atoms with E-state index in [0.29, 0.717) is 18.5 Å². The van der Waals surface area contributed by atoms with Crippen LogP contribution in [0.3, 0.4) is 0 Å². The van der Waals surface area contributed by atoms with Crippen molar-refractivity contribution in [1.29, 1.82) is 0 Å². The first-order valence-corrected chi connectivity index (χ1v) is 8.41. The quantitative estimate of drug-likeness (QED) is 0.645. The molecule has 6 nitrogen and oxygen atoms in total. The van der Waals surface area contributed by atoms with Crippen molar-refractivity contribution in [2.45, 2.75) is 51.6 Å². The fourth-order valence-electron chi connectivity index (χ4n) is 2.36. The van der Waals surface area contributed by atoms with Crippen molar-refractivity contribution in [3.05, 3.63) is 35.4 Å². The summed E-state index contributed by atoms with van der Waals surface area (Å²) in [5, 5.41) is 14.6. The summed E-state index contributed by atoms with van der Waals surface area (Å²) in [5.74, 6) is -1.16. The van der Waals surface area contributed by atoms with Crippen LogP contribution in [-0.4, -0.2) is 28.9 Å². The first-order chi connectivity index (χ1) is 11.5. The molecule has 0 aliphatic heterocycles. The third-order valence-electron chi connectivity index (χ3n) is 4.08. The molecule has 3 N–H and O–H groups in total. The topological polar surface area (TPSA) is 95.5 Å². The fourth-order valence-corrected chi connectivity index (χ4v) is 2.36. The second-order valence-corrected chi connectivity index (χ2v) is 6.20. The Morgan fingerprint density at radius 3 is 2.42 bits per heavy atom. The van der Waals surface area contributed by atoms with Gasteiger partial charge in [-0.15, -0.1) is 0 Å². The molecule has 0 saturated heterocycles. The molecular formula is C18H24N2O4. The van der Waals surface area contributed by atoms with Gasteiger partial charge >= 0.3 is 5.97 Å². The molecule has 1 aromatic carbocycles. The molecule has 24 heavy (non-hydrogen) atoms. The zero-order chi connectivity index (χ0) is 17.5. The van der Waals surface area contributed by atoms with Gasteiger partial charge in [0.05, 0.1) is 0 Å². The number of benzene rings is 1. The van der Waals surface area contributed by atoms with Gasteiger partial charge in [-0.25, -0.2) is 4.79 Å². The van der Waals surface area contributed by atoms with Crippen LogP contribution in [-0.2, 0) is 16.1 Å². The van der Waals surface area contributed by atoms with E-state index < -0.39 is 17.9 Å². The van der Waals surface area contributed by atoms with Gasteiger partial charge in [0.1, 0.15) is 6.04 Å². The number of nitrogens with one attached hydrogen (secondary N) is 2. The Balaban J connectivity index is 1.87. The van der Waals surface area contributed by atoms with Crippen LogP contribution in [0, 0.1) is 5.92 Å². The predicted octanol–water partition coefficient (Wildman–Crippen LogP) is 2.09. The Bertz CT molecular complexity index is 594. The lowest BCUT2D eigenvalue weighted by molar-refractivity contribution is -0.139. The van der Waals surface area contributed by atoms with Gasteiger partial charge in [-0.05, 0) is 37.0 Å². The molecule has 1 unspecified atom stereocenters. The molecule has 0 radical (unpaired) electrons. The molecule has 0 spiro atoms. The lowest BCUT2D eigenvalue weighted by Crippen LogP contribution is -2.40. The maximum absolute atomic E-state index is 12.2. The Morgan fingerprint density at radius 1 is 1.21 bits per heavy atom. The zero-order valence-corrected chi connectivity index (χ0v) is 13.9. The van der Waals surface area contributed by atoms with E-state index in [0.717, 1.165) is 31.2 Å². The highest BCUT2D eigenvalue weighted by Crippen LogP contribution is 2.28. The Kier molecular flexibility index (Phi) is 6.35. The van der Waals surface area contributed by atoms with E-state index in [-0.39, 0.29) is 11.8 Å². The first-order valence-electron chi connectivity index (χ1n) is 8.41. The number of unbranched alkanes of at least 4 members (excludes halogenated alkanes) is 1. The minimum atomic E-state index is -1.02. The third-order valence-corrected chi connectivity index (χ3v) is 4.08. The monoisotopic (exact) mass is 332 g/mol. The van der Waals surface area contributed by atoms with Crippen LogP contribution in [0.5, 0.6) is 0 Å². The average molecular weight is 332 g/mol. The van der Waals surface area contributed by atoms with Crippen LogP contribution in [0.25, 0.3) is 0 Å². The molecular weight excluding hydrogens is 308 g/mol. The molecule has 2 rings (SSSR count). The number of carboxylic acids is 1. The second-order valence-electron chi connectivity index (χ2n) is 6.20. The van der Waals surface area contributed by atoms with Gasteiger partial charge in [-0.2, -0.15) is 0 Å². The second kappa shape index (κ2) is 8.47. The molecule has 1 aromatic rings. The normalized spacial score (nSPS) is 14.7. The van der Waals surface area contributed by atoms with Gasteiger partial charge in [0.15, 0.2) is 0 Å². The molecule has 6 heteroatoms. The Morgan fingerprint density at radius 2 is 1.88 bits per heavy atom. The number of rotatable bonds is 9. The first kappa shape index (κ1) is 18.0. The van der Waals surface area contributed by atoms with E-state index in [2.05, 4.69) is 10.6 Å². The van der Waals surface area contributed by atoms with Gasteiger partial charge < -0.3 is 15.7 Å². The van der Waals surface area contributed by atoms with Crippen molar-refractivity contribution in [3.63, 3.8) is 0 Å². The van der Waals surface area contributed by atoms with Crippen LogP contribution in [0.15, 0.2) is 24.3 Å². The number of amides is 2. The van der Waals surface area contributed by atoms with Crippen molar-refractivity contribution in [1.82, 2.24) is 10.6 Å². The smallest absolute Gasteiger partial charge is 0.326 e. The third kappa shape index (κ3) is 5.37. The van der Waals surface area contributed by atoms with E-state index in [1.165, 1.54) is 0 Å². The highest BCUT2D eigenvalue weighted by Gasteiger charge is 2.29. The highest BCUT2D eigenvalue weighted by atomic mass is 16.4. The van der Waals surface area contributed by atoms with Gasteiger partial charge in [-0.1, -0.05) is 31.9 Å². The van der Waals surface area contributed by atoms with E-state index in [9.17, 15) is 14.4 Å². The minimum absolute atomic E-state index is 0.0806. The number of carboxylic acid groups (broad SMARTS) is 1. The van der Waals surface area contributed by atoms with Crippen LogP contribution >= 0.6 is 0 Å². The highest BCUT2D eigenvalue weighted by molar-refractivity contribution is 5.96. The number of carbonyl (C=O) groups excluding carboxylic acids is 2. The van der Waals surface area contributed by atoms with Crippen molar-refractivity contribution < 1.29 is 19.5 Å². The lowest BCUT2D eigenvalue weighted by atomic mass is 10.1. The summed E-state index contributed by atoms with van der Waals surface area (Å²) in [6.45, 7) is 2.41. The Labute approximate surface area is 141 Å². The van der Waals surface area contributed by atoms with Crippen molar-refractivity contribution in [2.75, 3.05) is 0 Å². The molecule has 1 atom stereocenters. The van der Waals surface area contributed by atoms with E-state index >= 15 is 0 Å². The zero-order valence-electron chi connectivity index (χ0n) is 13.9. The van der Waals surface area contributed by atoms with E-state index in [1.54, 1.807) is 24.3 Å². The summed E-state index contributed by atoms with van der Waals surface area (Å²) in [6.07, 6.45) is 3.97. The summed E-state index contributed by atoms with van der Waals surface area (Å²) < 4.78 is 0. The largest absolute Gasteiger partial charge is 0.480 e. The fraction of sp³-hybridized carbons (Fsp3) is 0.500. The molecule has 0 aromatic heterocycles. The van der Waals surface area contributed by atoms with Crippen LogP contribution < -0.4 is 10.6 Å². The standard InChI is InChI=1S/C18H24N2O4/c1-2-3-4-15(18(23)24)20-17(22)14-7-5-12(6-8-14)11-19-16(21)13-9-10-13/h5-8,13,15H,2-4,9-11H2,1H3,(H,19,21)(H,20,22)(H,23,24). The molecule has 0 heterocycles. The van der Waals surface area contributed by atoms with Gasteiger partial charge in [0.2, 0.25) is 5.91 Å². The van der Waals surface area contributed by atoms with Gasteiger partial charge in [0.25, 0.3) is 5.91 Å². The lowest BCUT2D eigenvalue weighted by Gasteiger charge is -2.14. The van der Waals surface area contributed by atoms with Crippen molar-refractivity contribution in [2.24, 2.45) is 5.92 Å². The van der Waals surface area contributed by atoms with Gasteiger partial charge in [0, 0.05) is 18.0 Å². The molecule has 0 bridgehead atoms. The van der Waals surface area contributed by atoms with Crippen molar-refractivity contribution in [3.8, 4) is 0 Å². The van der Waals surface area contributed by atoms with Crippen LogP contribution in [0.1, 0.15) is 54.9 Å². The summed E-state index contributed by atoms with van der Waals surface area (Å²) in [4.78, 5) is 34.9. The van der Waals surface area contributed by atoms with Crippen molar-refractivity contribution >= 4 is 17.8 Å². The number of hydrogen-bond donors (Lipinski definition) is 3. The maximum atomic E-state index is 12.2. The number of hydrogen-bond acceptors (Lipinski definition) is 3.